The molecule has 2 amide bonds. The predicted molar refractivity (Wildman–Crippen MR) is 119 cm³/mol. The molecule has 1 fully saturated rings. The van der Waals surface area contributed by atoms with Crippen molar-refractivity contribution in [2.75, 3.05) is 29.9 Å². The average molecular weight is 448 g/mol. The Morgan fingerprint density at radius 1 is 0.969 bits per heavy atom. The van der Waals surface area contributed by atoms with Gasteiger partial charge in [0.1, 0.15) is 0 Å². The molecule has 172 valence electrons. The molecular weight excluding hydrogens is 419 g/mol. The van der Waals surface area contributed by atoms with Gasteiger partial charge in [0.25, 0.3) is 5.91 Å². The topological polar surface area (TPSA) is 61.4 Å². The summed E-state index contributed by atoms with van der Waals surface area (Å²) in [6.45, 7) is 3.43. The zero-order chi connectivity index (χ0) is 23.1. The van der Waals surface area contributed by atoms with Gasteiger partial charge in [-0.2, -0.15) is 13.2 Å². The van der Waals surface area contributed by atoms with Crippen LogP contribution in [0.1, 0.15) is 54.1 Å². The lowest BCUT2D eigenvalue weighted by atomic mass is 10.1. The minimum Gasteiger partial charge on any atom is -0.370 e. The van der Waals surface area contributed by atoms with E-state index in [9.17, 15) is 22.8 Å². The van der Waals surface area contributed by atoms with Crippen LogP contribution in [0.4, 0.5) is 24.5 Å². The van der Waals surface area contributed by atoms with Crippen LogP contribution < -0.4 is 15.5 Å². The van der Waals surface area contributed by atoms with Crippen LogP contribution in [0, 0.1) is 0 Å². The lowest BCUT2D eigenvalue weighted by molar-refractivity contribution is -0.137. The van der Waals surface area contributed by atoms with Crippen LogP contribution in [0.2, 0.25) is 0 Å². The number of alkyl halides is 3. The second-order valence-corrected chi connectivity index (χ2v) is 8.01. The molecule has 2 N–H and O–H groups in total. The molecule has 1 aliphatic rings. The number of nitrogens with zero attached hydrogens (tertiary/aromatic N) is 1. The van der Waals surface area contributed by atoms with E-state index in [0.29, 0.717) is 24.2 Å². The predicted octanol–water partition coefficient (Wildman–Crippen LogP) is 5.02. The molecule has 0 unspecified atom stereocenters. The highest BCUT2D eigenvalue weighted by atomic mass is 19.4. The minimum absolute atomic E-state index is 0.109. The summed E-state index contributed by atoms with van der Waals surface area (Å²) in [5, 5.41) is 5.41. The molecule has 0 atom stereocenters. The maximum absolute atomic E-state index is 13.3. The van der Waals surface area contributed by atoms with E-state index in [1.165, 1.54) is 13.0 Å². The van der Waals surface area contributed by atoms with Crippen LogP contribution in [0.15, 0.2) is 42.5 Å². The van der Waals surface area contributed by atoms with Crippen molar-refractivity contribution in [3.8, 4) is 0 Å². The molecule has 0 bridgehead atoms. The van der Waals surface area contributed by atoms with Gasteiger partial charge in [0.05, 0.1) is 16.9 Å². The lowest BCUT2D eigenvalue weighted by Gasteiger charge is -2.26. The van der Waals surface area contributed by atoms with Gasteiger partial charge in [-0.25, -0.2) is 0 Å². The Balaban J connectivity index is 1.79. The number of carbonyl (C=O) groups excluding carboxylic acids is 2. The number of halogens is 3. The molecular formula is C24H28F3N3O2. The van der Waals surface area contributed by atoms with E-state index in [-0.39, 0.29) is 11.6 Å². The maximum atomic E-state index is 13.3. The van der Waals surface area contributed by atoms with E-state index in [1.807, 2.05) is 4.90 Å². The Hall–Kier alpha value is -3.03. The number of hydrogen-bond acceptors (Lipinski definition) is 3. The SMILES string of the molecule is CC(=O)NCCc1ccc(C(=O)Nc2cc(C(F)(F)F)ccc2N2CCCCCC2)cc1. The van der Waals surface area contributed by atoms with Crippen LogP contribution in [0.25, 0.3) is 0 Å². The van der Waals surface area contributed by atoms with Crippen molar-refractivity contribution >= 4 is 23.2 Å². The summed E-state index contributed by atoms with van der Waals surface area (Å²) in [6.07, 6.45) is 0.240. The lowest BCUT2D eigenvalue weighted by Crippen LogP contribution is -2.26. The number of benzene rings is 2. The molecule has 1 heterocycles. The third kappa shape index (κ3) is 6.48. The van der Waals surface area contributed by atoms with Gasteiger partial charge in [0.2, 0.25) is 5.91 Å². The van der Waals surface area contributed by atoms with E-state index in [2.05, 4.69) is 10.6 Å². The number of rotatable bonds is 6. The van der Waals surface area contributed by atoms with Crippen molar-refractivity contribution < 1.29 is 22.8 Å². The standard InChI is InChI=1S/C24H28F3N3O2/c1-17(31)28-13-12-18-6-8-19(9-7-18)23(32)29-21-16-20(24(25,26)27)10-11-22(21)30-14-4-2-3-5-15-30/h6-11,16H,2-5,12-15H2,1H3,(H,28,31)(H,29,32). The molecule has 2 aromatic carbocycles. The number of carbonyl (C=O) groups is 2. The number of anilines is 2. The highest BCUT2D eigenvalue weighted by molar-refractivity contribution is 6.06. The van der Waals surface area contributed by atoms with Gasteiger partial charge in [-0.1, -0.05) is 25.0 Å². The highest BCUT2D eigenvalue weighted by Gasteiger charge is 2.31. The molecule has 1 saturated heterocycles. The Morgan fingerprint density at radius 2 is 1.62 bits per heavy atom. The van der Waals surface area contributed by atoms with Crippen molar-refractivity contribution in [1.82, 2.24) is 5.32 Å². The van der Waals surface area contributed by atoms with Crippen LogP contribution in [-0.4, -0.2) is 31.4 Å². The summed E-state index contributed by atoms with van der Waals surface area (Å²) >= 11 is 0. The van der Waals surface area contributed by atoms with Crippen LogP contribution in [0.3, 0.4) is 0 Å². The third-order valence-corrected chi connectivity index (χ3v) is 5.52. The van der Waals surface area contributed by atoms with Gasteiger partial charge in [0.15, 0.2) is 0 Å². The average Bonchev–Trinajstić information content (AvgIpc) is 3.03. The second kappa shape index (κ2) is 10.5. The summed E-state index contributed by atoms with van der Waals surface area (Å²) in [5.74, 6) is -0.573. The van der Waals surface area contributed by atoms with Crippen molar-refractivity contribution in [3.63, 3.8) is 0 Å². The van der Waals surface area contributed by atoms with Crippen molar-refractivity contribution in [3.05, 3.63) is 59.2 Å². The molecule has 0 spiro atoms. The first-order valence-electron chi connectivity index (χ1n) is 10.8. The third-order valence-electron chi connectivity index (χ3n) is 5.52. The Kier molecular flexibility index (Phi) is 7.77. The number of hydrogen-bond donors (Lipinski definition) is 2. The minimum atomic E-state index is -4.49. The van der Waals surface area contributed by atoms with Gasteiger partial charge >= 0.3 is 6.18 Å². The first kappa shape index (κ1) is 23.6. The quantitative estimate of drug-likeness (QED) is 0.654. The fourth-order valence-electron chi connectivity index (χ4n) is 3.80. The second-order valence-electron chi connectivity index (χ2n) is 8.01. The molecule has 0 aromatic heterocycles. The van der Waals surface area contributed by atoms with Gasteiger partial charge in [-0.3, -0.25) is 9.59 Å². The summed E-state index contributed by atoms with van der Waals surface area (Å²) in [6, 6.07) is 10.4. The Bertz CT molecular complexity index is 934. The first-order valence-corrected chi connectivity index (χ1v) is 10.8. The zero-order valence-corrected chi connectivity index (χ0v) is 18.1. The highest BCUT2D eigenvalue weighted by Crippen LogP contribution is 2.36. The largest absolute Gasteiger partial charge is 0.416 e. The van der Waals surface area contributed by atoms with Crippen LogP contribution >= 0.6 is 0 Å². The molecule has 2 aromatic rings. The summed E-state index contributed by atoms with van der Waals surface area (Å²) in [7, 11) is 0. The fourth-order valence-corrected chi connectivity index (χ4v) is 3.80. The Morgan fingerprint density at radius 3 is 2.22 bits per heavy atom. The molecule has 8 heteroatoms. The van der Waals surface area contributed by atoms with Crippen molar-refractivity contribution in [2.45, 2.75) is 45.2 Å². The number of amides is 2. The van der Waals surface area contributed by atoms with Gasteiger partial charge in [-0.15, -0.1) is 0 Å². The molecule has 5 nitrogen and oxygen atoms in total. The van der Waals surface area contributed by atoms with Gasteiger partial charge in [-0.05, 0) is 55.2 Å². The normalized spacial score (nSPS) is 14.6. The molecule has 3 rings (SSSR count). The van der Waals surface area contributed by atoms with E-state index in [1.54, 1.807) is 24.3 Å². The van der Waals surface area contributed by atoms with E-state index in [4.69, 9.17) is 0 Å². The number of nitrogens with one attached hydrogen (secondary N) is 2. The smallest absolute Gasteiger partial charge is 0.370 e. The van der Waals surface area contributed by atoms with Gasteiger partial charge in [0, 0.05) is 32.1 Å². The van der Waals surface area contributed by atoms with E-state index < -0.39 is 17.6 Å². The molecule has 0 aliphatic carbocycles. The maximum Gasteiger partial charge on any atom is 0.416 e. The summed E-state index contributed by atoms with van der Waals surface area (Å²) < 4.78 is 39.9. The van der Waals surface area contributed by atoms with Crippen molar-refractivity contribution in [1.29, 1.82) is 0 Å². The summed E-state index contributed by atoms with van der Waals surface area (Å²) in [5.41, 5.74) is 1.29. The van der Waals surface area contributed by atoms with Gasteiger partial charge < -0.3 is 15.5 Å². The first-order chi connectivity index (χ1) is 15.2. The van der Waals surface area contributed by atoms with E-state index >= 15 is 0 Å². The summed E-state index contributed by atoms with van der Waals surface area (Å²) in [4.78, 5) is 25.8. The Labute approximate surface area is 186 Å². The van der Waals surface area contributed by atoms with Crippen molar-refractivity contribution in [2.24, 2.45) is 0 Å². The molecule has 32 heavy (non-hydrogen) atoms. The van der Waals surface area contributed by atoms with Crippen LogP contribution in [-0.2, 0) is 17.4 Å². The van der Waals surface area contributed by atoms with Crippen LogP contribution in [0.5, 0.6) is 0 Å². The molecule has 0 radical (unpaired) electrons. The van der Waals surface area contributed by atoms with E-state index in [0.717, 1.165) is 56.5 Å². The fraction of sp³-hybridized carbons (Fsp3) is 0.417. The zero-order valence-electron chi connectivity index (χ0n) is 18.1. The molecule has 1 aliphatic heterocycles. The molecule has 0 saturated carbocycles. The monoisotopic (exact) mass is 447 g/mol.